The lowest BCUT2D eigenvalue weighted by Gasteiger charge is -2.06. The van der Waals surface area contributed by atoms with Gasteiger partial charge in [-0.3, -0.25) is 4.79 Å². The Morgan fingerprint density at radius 3 is 3.09 bits per heavy atom. The van der Waals surface area contributed by atoms with E-state index < -0.39 is 0 Å². The van der Waals surface area contributed by atoms with Gasteiger partial charge in [-0.2, -0.15) is 0 Å². The Morgan fingerprint density at radius 2 is 2.30 bits per heavy atom. The number of anilines is 3. The van der Waals surface area contributed by atoms with Crippen molar-refractivity contribution in [2.45, 2.75) is 30.2 Å². The first kappa shape index (κ1) is 16.2. The van der Waals surface area contributed by atoms with Crippen molar-refractivity contribution in [1.29, 1.82) is 0 Å². The molecule has 0 aliphatic carbocycles. The largest absolute Gasteiger partial charge is 0.377 e. The summed E-state index contributed by atoms with van der Waals surface area (Å²) in [6.07, 6.45) is 2.63. The molecule has 2 N–H and O–H groups in total. The van der Waals surface area contributed by atoms with Gasteiger partial charge in [0, 0.05) is 30.7 Å². The van der Waals surface area contributed by atoms with Crippen LogP contribution in [0.25, 0.3) is 0 Å². The number of carbonyl (C=O) groups is 1. The Morgan fingerprint density at radius 1 is 1.43 bits per heavy atom. The van der Waals surface area contributed by atoms with Gasteiger partial charge in [-0.1, -0.05) is 29.2 Å². The van der Waals surface area contributed by atoms with Gasteiger partial charge in [0.05, 0.1) is 6.10 Å². The van der Waals surface area contributed by atoms with Gasteiger partial charge in [0.25, 0.3) is 0 Å². The van der Waals surface area contributed by atoms with Crippen molar-refractivity contribution in [3.63, 3.8) is 0 Å². The van der Waals surface area contributed by atoms with Crippen molar-refractivity contribution in [3.8, 4) is 0 Å². The van der Waals surface area contributed by atoms with Crippen LogP contribution in [0.1, 0.15) is 19.8 Å². The highest BCUT2D eigenvalue weighted by atomic mass is 32.2. The molecule has 2 aromatic rings. The molecule has 6 nitrogen and oxygen atoms in total. The van der Waals surface area contributed by atoms with Crippen LogP contribution in [0.4, 0.5) is 16.5 Å². The summed E-state index contributed by atoms with van der Waals surface area (Å²) in [5.74, 6) is 0.831. The Bertz CT molecular complexity index is 671. The van der Waals surface area contributed by atoms with Gasteiger partial charge in [0.1, 0.15) is 0 Å². The second-order valence-electron chi connectivity index (χ2n) is 5.21. The number of aromatic nitrogens is 2. The van der Waals surface area contributed by atoms with Crippen molar-refractivity contribution in [2.75, 3.05) is 23.0 Å². The number of ether oxygens (including phenoxy) is 1. The van der Waals surface area contributed by atoms with E-state index in [1.54, 1.807) is 11.8 Å². The van der Waals surface area contributed by atoms with Crippen molar-refractivity contribution in [1.82, 2.24) is 10.2 Å². The highest BCUT2D eigenvalue weighted by Crippen LogP contribution is 2.30. The number of benzene rings is 1. The number of nitrogens with zero attached hydrogens (tertiary/aromatic N) is 2. The van der Waals surface area contributed by atoms with E-state index in [0.717, 1.165) is 46.0 Å². The third-order valence-electron chi connectivity index (χ3n) is 3.26. The first-order valence-corrected chi connectivity index (χ1v) is 9.22. The second-order valence-corrected chi connectivity index (χ2v) is 7.45. The summed E-state index contributed by atoms with van der Waals surface area (Å²) in [4.78, 5) is 11.1. The van der Waals surface area contributed by atoms with Gasteiger partial charge >= 0.3 is 0 Å². The minimum absolute atomic E-state index is 0.0918. The summed E-state index contributed by atoms with van der Waals surface area (Å²) in [5, 5.41) is 15.1. The highest BCUT2D eigenvalue weighted by molar-refractivity contribution is 8.01. The molecule has 2 heterocycles. The van der Waals surface area contributed by atoms with Crippen LogP contribution in [-0.2, 0) is 9.53 Å². The van der Waals surface area contributed by atoms with Crippen LogP contribution >= 0.6 is 23.1 Å². The molecule has 1 atom stereocenters. The number of nitrogens with one attached hydrogen (secondary N) is 2. The highest BCUT2D eigenvalue weighted by Gasteiger charge is 2.16. The molecular weight excluding hydrogens is 332 g/mol. The third-order valence-corrected chi connectivity index (χ3v) is 5.36. The molecule has 1 amide bonds. The normalized spacial score (nSPS) is 17.2. The Hall–Kier alpha value is -1.64. The maximum Gasteiger partial charge on any atom is 0.221 e. The molecule has 1 aromatic heterocycles. The maximum atomic E-state index is 11.1. The first-order valence-electron chi connectivity index (χ1n) is 7.41. The lowest BCUT2D eigenvalue weighted by molar-refractivity contribution is -0.114. The summed E-state index contributed by atoms with van der Waals surface area (Å²) in [5.41, 5.74) is 1.61. The predicted octanol–water partition coefficient (Wildman–Crippen LogP) is 3.51. The van der Waals surface area contributed by atoms with Gasteiger partial charge in [-0.25, -0.2) is 0 Å². The smallest absolute Gasteiger partial charge is 0.221 e. The van der Waals surface area contributed by atoms with Gasteiger partial charge in [0.15, 0.2) is 4.34 Å². The molecule has 23 heavy (non-hydrogen) atoms. The Kier molecular flexibility index (Phi) is 5.47. The molecule has 0 spiro atoms. The maximum absolute atomic E-state index is 11.1. The van der Waals surface area contributed by atoms with Crippen LogP contribution in [-0.4, -0.2) is 34.6 Å². The van der Waals surface area contributed by atoms with E-state index in [4.69, 9.17) is 4.74 Å². The van der Waals surface area contributed by atoms with E-state index in [2.05, 4.69) is 20.8 Å². The Balaban J connectivity index is 1.56. The zero-order chi connectivity index (χ0) is 16.1. The fourth-order valence-electron chi connectivity index (χ4n) is 2.26. The summed E-state index contributed by atoms with van der Waals surface area (Å²) in [7, 11) is 0. The van der Waals surface area contributed by atoms with Crippen LogP contribution in [0, 0.1) is 0 Å². The summed E-state index contributed by atoms with van der Waals surface area (Å²) < 4.78 is 6.54. The van der Waals surface area contributed by atoms with Crippen molar-refractivity contribution < 1.29 is 9.53 Å². The molecule has 1 aliphatic heterocycles. The average molecular weight is 350 g/mol. The molecule has 0 saturated carbocycles. The van der Waals surface area contributed by atoms with Crippen molar-refractivity contribution in [2.24, 2.45) is 0 Å². The monoisotopic (exact) mass is 350 g/mol. The molecule has 1 aliphatic rings. The van der Waals surface area contributed by atoms with Crippen LogP contribution in [0.5, 0.6) is 0 Å². The predicted molar refractivity (Wildman–Crippen MR) is 93.6 cm³/mol. The minimum atomic E-state index is -0.0918. The van der Waals surface area contributed by atoms with Gasteiger partial charge in [0.2, 0.25) is 11.0 Å². The van der Waals surface area contributed by atoms with Crippen LogP contribution in [0.2, 0.25) is 0 Å². The topological polar surface area (TPSA) is 76.1 Å². The van der Waals surface area contributed by atoms with Crippen molar-refractivity contribution >= 4 is 45.5 Å². The molecule has 8 heteroatoms. The number of thioether (sulfide) groups is 1. The van der Waals surface area contributed by atoms with Crippen LogP contribution in [0.15, 0.2) is 28.6 Å². The summed E-state index contributed by atoms with van der Waals surface area (Å²) >= 11 is 3.20. The molecule has 0 radical (unpaired) electrons. The molecule has 122 valence electrons. The number of rotatable bonds is 6. The van der Waals surface area contributed by atoms with Crippen LogP contribution in [0.3, 0.4) is 0 Å². The fourth-order valence-corrected chi connectivity index (χ4v) is 4.12. The van der Waals surface area contributed by atoms with Gasteiger partial charge in [-0.05, 0) is 31.0 Å². The van der Waals surface area contributed by atoms with Crippen LogP contribution < -0.4 is 10.6 Å². The van der Waals surface area contributed by atoms with E-state index in [1.165, 1.54) is 18.3 Å². The van der Waals surface area contributed by atoms with E-state index in [-0.39, 0.29) is 5.91 Å². The molecule has 0 unspecified atom stereocenters. The van der Waals surface area contributed by atoms with E-state index >= 15 is 0 Å². The first-order chi connectivity index (χ1) is 11.2. The zero-order valence-electron chi connectivity index (χ0n) is 12.7. The molecule has 1 saturated heterocycles. The number of hydrogen-bond donors (Lipinski definition) is 2. The summed E-state index contributed by atoms with van der Waals surface area (Å²) in [6, 6.07) is 7.51. The van der Waals surface area contributed by atoms with E-state index in [1.807, 2.05) is 24.3 Å². The van der Waals surface area contributed by atoms with Crippen molar-refractivity contribution in [3.05, 3.63) is 24.3 Å². The summed E-state index contributed by atoms with van der Waals surface area (Å²) in [6.45, 7) is 2.36. The van der Waals surface area contributed by atoms with Gasteiger partial charge < -0.3 is 15.4 Å². The van der Waals surface area contributed by atoms with E-state index in [0.29, 0.717) is 6.10 Å². The molecule has 1 fully saturated rings. The number of hydrogen-bond acceptors (Lipinski definition) is 7. The SMILES string of the molecule is CC(=O)Nc1cccc(Nc2nnc(SC[C@@H]3CCCO3)s2)c1. The fraction of sp³-hybridized carbons (Fsp3) is 0.400. The lowest BCUT2D eigenvalue weighted by atomic mass is 10.3. The molecular formula is C15H18N4O2S2. The zero-order valence-corrected chi connectivity index (χ0v) is 14.4. The second kappa shape index (κ2) is 7.76. The average Bonchev–Trinajstić information content (AvgIpc) is 3.16. The molecule has 1 aromatic carbocycles. The quantitative estimate of drug-likeness (QED) is 0.777. The standard InChI is InChI=1S/C15H18N4O2S2/c1-10(20)16-11-4-2-5-12(8-11)17-14-18-19-15(23-14)22-9-13-6-3-7-21-13/h2,4-5,8,13H,3,6-7,9H2,1H3,(H,16,20)(H,17,18)/t13-/m0/s1. The lowest BCUT2D eigenvalue weighted by Crippen LogP contribution is -2.07. The third kappa shape index (κ3) is 4.92. The number of amides is 1. The van der Waals surface area contributed by atoms with Gasteiger partial charge in [-0.15, -0.1) is 10.2 Å². The molecule has 0 bridgehead atoms. The molecule has 3 rings (SSSR count). The number of carbonyl (C=O) groups excluding carboxylic acids is 1. The Labute approximate surface area is 143 Å². The van der Waals surface area contributed by atoms with E-state index in [9.17, 15) is 4.79 Å². The minimum Gasteiger partial charge on any atom is -0.377 e.